The van der Waals surface area contributed by atoms with Gasteiger partial charge in [-0.1, -0.05) is 18.2 Å². The van der Waals surface area contributed by atoms with Crippen molar-refractivity contribution < 1.29 is 9.53 Å². The van der Waals surface area contributed by atoms with E-state index < -0.39 is 5.60 Å². The van der Waals surface area contributed by atoms with E-state index in [9.17, 15) is 4.79 Å². The number of nitrogens with one attached hydrogen (secondary N) is 1. The molecule has 1 aliphatic heterocycles. The van der Waals surface area contributed by atoms with Gasteiger partial charge in [-0.2, -0.15) is 0 Å². The van der Waals surface area contributed by atoms with Crippen LogP contribution in [-0.4, -0.2) is 44.6 Å². The summed E-state index contributed by atoms with van der Waals surface area (Å²) >= 11 is 0. The fourth-order valence-electron chi connectivity index (χ4n) is 5.00. The second-order valence-electron chi connectivity index (χ2n) is 10.8. The van der Waals surface area contributed by atoms with Gasteiger partial charge in [0.15, 0.2) is 0 Å². The van der Waals surface area contributed by atoms with Crippen molar-refractivity contribution in [3.63, 3.8) is 0 Å². The molecule has 1 unspecified atom stereocenters. The molecule has 1 amide bonds. The van der Waals surface area contributed by atoms with E-state index in [0.29, 0.717) is 24.7 Å². The Bertz CT molecular complexity index is 1390. The first-order valence-corrected chi connectivity index (χ1v) is 13.0. The van der Waals surface area contributed by atoms with E-state index in [2.05, 4.69) is 32.4 Å². The first-order chi connectivity index (χ1) is 18.3. The van der Waals surface area contributed by atoms with E-state index in [1.807, 2.05) is 68.3 Å². The average molecular weight is 511 g/mol. The fourth-order valence-corrected chi connectivity index (χ4v) is 5.00. The summed E-state index contributed by atoms with van der Waals surface area (Å²) in [4.78, 5) is 28.0. The molecule has 2 aromatic carbocycles. The van der Waals surface area contributed by atoms with Crippen LogP contribution in [-0.2, 0) is 4.74 Å². The number of carbonyl (C=O) groups excluding carboxylic acids is 1. The Morgan fingerprint density at radius 2 is 1.79 bits per heavy atom. The summed E-state index contributed by atoms with van der Waals surface area (Å²) in [5.41, 5.74) is 11.9. The van der Waals surface area contributed by atoms with Gasteiger partial charge in [0, 0.05) is 54.8 Å². The minimum atomic E-state index is -0.505. The van der Waals surface area contributed by atoms with Crippen LogP contribution in [0.15, 0.2) is 73.3 Å². The number of hydrogen-bond acceptors (Lipinski definition) is 7. The first-order valence-electron chi connectivity index (χ1n) is 13.0. The van der Waals surface area contributed by atoms with E-state index in [1.54, 1.807) is 18.6 Å². The molecule has 0 spiro atoms. The minimum Gasteiger partial charge on any atom is -0.444 e. The monoisotopic (exact) mass is 510 g/mol. The summed E-state index contributed by atoms with van der Waals surface area (Å²) in [6, 6.07) is 16.1. The topological polar surface area (TPSA) is 106 Å². The highest BCUT2D eigenvalue weighted by Gasteiger charge is 2.31. The molecule has 5 rings (SSSR count). The molecule has 1 aliphatic rings. The predicted molar refractivity (Wildman–Crippen MR) is 151 cm³/mol. The molecule has 1 saturated heterocycles. The molecule has 1 fully saturated rings. The summed E-state index contributed by atoms with van der Waals surface area (Å²) in [6.07, 6.45) is 8.59. The zero-order valence-electron chi connectivity index (χ0n) is 22.1. The summed E-state index contributed by atoms with van der Waals surface area (Å²) in [6.45, 7) is 6.99. The Balaban J connectivity index is 1.44. The number of nitrogen functional groups attached to an aromatic ring is 1. The van der Waals surface area contributed by atoms with Gasteiger partial charge in [-0.15, -0.1) is 0 Å². The van der Waals surface area contributed by atoms with Gasteiger partial charge in [0.1, 0.15) is 5.60 Å². The SMILES string of the molecule is CC(C)(C)OC(=O)N1CCC(C(Nc2cc(-c3ccc(N)cc3)c3nccnc3c2)c2cccnc2)CC1. The van der Waals surface area contributed by atoms with Gasteiger partial charge in [-0.3, -0.25) is 15.0 Å². The van der Waals surface area contributed by atoms with Gasteiger partial charge < -0.3 is 20.7 Å². The van der Waals surface area contributed by atoms with E-state index in [0.717, 1.165) is 46.3 Å². The molecule has 0 aliphatic carbocycles. The molecular weight excluding hydrogens is 476 g/mol. The second kappa shape index (κ2) is 10.7. The lowest BCUT2D eigenvalue weighted by Crippen LogP contribution is -2.43. The quantitative estimate of drug-likeness (QED) is 0.314. The molecule has 8 heteroatoms. The zero-order chi connectivity index (χ0) is 26.7. The molecule has 8 nitrogen and oxygen atoms in total. The van der Waals surface area contributed by atoms with Crippen LogP contribution >= 0.6 is 0 Å². The maximum Gasteiger partial charge on any atom is 0.410 e. The molecule has 0 radical (unpaired) electrons. The summed E-state index contributed by atoms with van der Waals surface area (Å²) in [5, 5.41) is 3.79. The predicted octanol–water partition coefficient (Wildman–Crippen LogP) is 6.07. The number of anilines is 2. The third-order valence-electron chi connectivity index (χ3n) is 6.82. The van der Waals surface area contributed by atoms with Crippen LogP contribution in [0, 0.1) is 5.92 Å². The van der Waals surface area contributed by atoms with E-state index in [4.69, 9.17) is 10.5 Å². The standard InChI is InChI=1S/C30H34N6O2/c1-30(2,3)38-29(37)36-15-10-21(11-16-36)27(22-5-4-12-32-19-22)35-24-17-25(20-6-8-23(31)9-7-20)28-26(18-24)33-13-14-34-28/h4-9,12-14,17-19,21,27,35H,10-11,15-16,31H2,1-3H3. The number of nitrogens with two attached hydrogens (primary N) is 1. The number of aromatic nitrogens is 3. The highest BCUT2D eigenvalue weighted by Crippen LogP contribution is 2.37. The number of pyridine rings is 1. The fraction of sp³-hybridized carbons (Fsp3) is 0.333. The largest absolute Gasteiger partial charge is 0.444 e. The molecule has 38 heavy (non-hydrogen) atoms. The van der Waals surface area contributed by atoms with Crippen LogP contribution in [0.1, 0.15) is 45.2 Å². The van der Waals surface area contributed by atoms with Crippen LogP contribution in [0.4, 0.5) is 16.2 Å². The number of rotatable bonds is 5. The normalized spacial score (nSPS) is 15.3. The zero-order valence-corrected chi connectivity index (χ0v) is 22.1. The van der Waals surface area contributed by atoms with Crippen LogP contribution in [0.25, 0.3) is 22.2 Å². The Kier molecular flexibility index (Phi) is 7.13. The Hall–Kier alpha value is -4.20. The molecule has 0 saturated carbocycles. The third-order valence-corrected chi connectivity index (χ3v) is 6.82. The van der Waals surface area contributed by atoms with Crippen LogP contribution < -0.4 is 11.1 Å². The lowest BCUT2D eigenvalue weighted by Gasteiger charge is -2.37. The van der Waals surface area contributed by atoms with E-state index in [1.165, 1.54) is 0 Å². The number of piperidine rings is 1. The van der Waals surface area contributed by atoms with Crippen LogP contribution in [0.2, 0.25) is 0 Å². The molecule has 3 N–H and O–H groups in total. The number of ether oxygens (including phenoxy) is 1. The molecular formula is C30H34N6O2. The number of nitrogens with zero attached hydrogens (tertiary/aromatic N) is 4. The van der Waals surface area contributed by atoms with Gasteiger partial charge in [0.05, 0.1) is 17.1 Å². The van der Waals surface area contributed by atoms with Gasteiger partial charge in [-0.05, 0) is 81.0 Å². The highest BCUT2D eigenvalue weighted by atomic mass is 16.6. The van der Waals surface area contributed by atoms with Gasteiger partial charge >= 0.3 is 6.09 Å². The van der Waals surface area contributed by atoms with Gasteiger partial charge in [0.25, 0.3) is 0 Å². The summed E-state index contributed by atoms with van der Waals surface area (Å²) < 4.78 is 5.60. The molecule has 3 heterocycles. The third kappa shape index (κ3) is 5.85. The first kappa shape index (κ1) is 25.4. The average Bonchev–Trinajstić information content (AvgIpc) is 2.91. The van der Waals surface area contributed by atoms with Gasteiger partial charge in [0.2, 0.25) is 0 Å². The van der Waals surface area contributed by atoms with Gasteiger partial charge in [-0.25, -0.2) is 4.79 Å². The van der Waals surface area contributed by atoms with Crippen molar-refractivity contribution in [2.24, 2.45) is 5.92 Å². The van der Waals surface area contributed by atoms with Crippen molar-refractivity contribution in [2.75, 3.05) is 24.1 Å². The van der Waals surface area contributed by atoms with Crippen molar-refractivity contribution in [1.82, 2.24) is 19.9 Å². The lowest BCUT2D eigenvalue weighted by molar-refractivity contribution is 0.0177. The number of hydrogen-bond donors (Lipinski definition) is 2. The van der Waals surface area contributed by atoms with E-state index in [-0.39, 0.29) is 12.1 Å². The lowest BCUT2D eigenvalue weighted by atomic mass is 9.85. The molecule has 196 valence electrons. The Morgan fingerprint density at radius 3 is 2.47 bits per heavy atom. The Labute approximate surface area is 223 Å². The van der Waals surface area contributed by atoms with E-state index >= 15 is 0 Å². The number of benzene rings is 2. The molecule has 4 aromatic rings. The maximum absolute atomic E-state index is 12.6. The molecule has 1 atom stereocenters. The van der Waals surface area contributed by atoms with Crippen LogP contribution in [0.5, 0.6) is 0 Å². The molecule has 0 bridgehead atoms. The smallest absolute Gasteiger partial charge is 0.410 e. The minimum absolute atomic E-state index is 0.0119. The summed E-state index contributed by atoms with van der Waals surface area (Å²) in [5.74, 6) is 0.301. The molecule has 2 aromatic heterocycles. The number of likely N-dealkylation sites (tertiary alicyclic amines) is 1. The number of amides is 1. The maximum atomic E-state index is 12.6. The number of carbonyl (C=O) groups is 1. The highest BCUT2D eigenvalue weighted by molar-refractivity contribution is 5.94. The summed E-state index contributed by atoms with van der Waals surface area (Å²) in [7, 11) is 0. The number of fused-ring (bicyclic) bond motifs is 1. The van der Waals surface area contributed by atoms with Crippen molar-refractivity contribution in [1.29, 1.82) is 0 Å². The van der Waals surface area contributed by atoms with Crippen LogP contribution in [0.3, 0.4) is 0 Å². The van der Waals surface area contributed by atoms with Crippen molar-refractivity contribution in [3.8, 4) is 11.1 Å². The second-order valence-corrected chi connectivity index (χ2v) is 10.8. The Morgan fingerprint density at radius 1 is 1.05 bits per heavy atom. The van der Waals surface area contributed by atoms with Crippen molar-refractivity contribution >= 4 is 28.5 Å². The van der Waals surface area contributed by atoms with Crippen molar-refractivity contribution in [3.05, 3.63) is 78.9 Å². The van der Waals surface area contributed by atoms with Crippen molar-refractivity contribution in [2.45, 2.75) is 45.3 Å².